The van der Waals surface area contributed by atoms with Crippen molar-refractivity contribution in [1.82, 2.24) is 9.88 Å². The number of nitrogens with zero attached hydrogens (tertiary/aromatic N) is 3. The maximum atomic E-state index is 13.6. The smallest absolute Gasteiger partial charge is 0.250 e. The lowest BCUT2D eigenvalue weighted by atomic mass is 9.70. The molecule has 6 rings (SSSR count). The number of hydrogen-bond donors (Lipinski definition) is 3. The van der Waals surface area contributed by atoms with Crippen LogP contribution in [0, 0.1) is 17.0 Å². The molecule has 1 saturated heterocycles. The molecule has 9 nitrogen and oxygen atoms in total. The van der Waals surface area contributed by atoms with Gasteiger partial charge in [0.2, 0.25) is 5.91 Å². The van der Waals surface area contributed by atoms with Gasteiger partial charge in [-0.05, 0) is 72.7 Å². The molecule has 0 spiro atoms. The number of fused-ring (bicyclic) bond motifs is 8. The van der Waals surface area contributed by atoms with Crippen molar-refractivity contribution in [3.8, 4) is 5.75 Å². The van der Waals surface area contributed by atoms with Crippen molar-refractivity contribution < 1.29 is 15.1 Å². The number of aromatic hydroxyl groups is 1. The van der Waals surface area contributed by atoms with E-state index in [1.807, 2.05) is 34.9 Å². The molecule has 0 radical (unpaired) electrons. The molecule has 9 heteroatoms. The first kappa shape index (κ1) is 23.6. The quantitative estimate of drug-likeness (QED) is 0.460. The zero-order valence-electron chi connectivity index (χ0n) is 20.3. The zero-order valence-corrected chi connectivity index (χ0v) is 20.3. The van der Waals surface area contributed by atoms with Crippen LogP contribution >= 0.6 is 0 Å². The second-order valence-corrected chi connectivity index (χ2v) is 10.3. The molecular formula is C28H29N4O5-. The Bertz CT molecular complexity index is 1390. The molecule has 4 atom stereocenters. The van der Waals surface area contributed by atoms with Crippen molar-refractivity contribution in [1.29, 1.82) is 0 Å². The number of phenols is 1. The van der Waals surface area contributed by atoms with Gasteiger partial charge < -0.3 is 30.3 Å². The molecule has 192 valence electrons. The van der Waals surface area contributed by atoms with Gasteiger partial charge in [0, 0.05) is 49.0 Å². The molecule has 1 fully saturated rings. The molecule has 3 aromatic rings. The van der Waals surface area contributed by atoms with E-state index >= 15 is 0 Å². The fourth-order valence-electron chi connectivity index (χ4n) is 6.58. The van der Waals surface area contributed by atoms with Crippen LogP contribution in [0.2, 0.25) is 0 Å². The average molecular weight is 502 g/mol. The molecular weight excluding hydrogens is 472 g/mol. The van der Waals surface area contributed by atoms with Gasteiger partial charge in [-0.2, -0.15) is 0 Å². The monoisotopic (exact) mass is 501 g/mol. The van der Waals surface area contributed by atoms with Crippen molar-refractivity contribution in [3.63, 3.8) is 0 Å². The molecule has 2 unspecified atom stereocenters. The Morgan fingerprint density at radius 2 is 1.92 bits per heavy atom. The summed E-state index contributed by atoms with van der Waals surface area (Å²) < 4.78 is 1.87. The maximum Gasteiger partial charge on any atom is 0.250 e. The molecule has 2 bridgehead atoms. The fraction of sp³-hybridized carbons (Fsp3) is 0.357. The van der Waals surface area contributed by atoms with E-state index in [9.17, 15) is 25.1 Å². The summed E-state index contributed by atoms with van der Waals surface area (Å²) in [6, 6.07) is 17.4. The topological polar surface area (TPSA) is 121 Å². The third-order valence-corrected chi connectivity index (χ3v) is 8.20. The van der Waals surface area contributed by atoms with Crippen LogP contribution in [0.4, 0.5) is 11.4 Å². The minimum absolute atomic E-state index is 0.00474. The van der Waals surface area contributed by atoms with Gasteiger partial charge >= 0.3 is 0 Å². The molecule has 3 N–H and O–H groups in total. The second kappa shape index (κ2) is 9.24. The molecule has 3 aliphatic heterocycles. The van der Waals surface area contributed by atoms with Gasteiger partial charge in [-0.1, -0.05) is 18.2 Å². The van der Waals surface area contributed by atoms with Gasteiger partial charge in [0.15, 0.2) is 0 Å². The van der Waals surface area contributed by atoms with Crippen molar-refractivity contribution in [3.05, 3.63) is 93.0 Å². The van der Waals surface area contributed by atoms with E-state index in [-0.39, 0.29) is 51.9 Å². The van der Waals surface area contributed by atoms with Crippen LogP contribution in [0.15, 0.2) is 65.5 Å². The van der Waals surface area contributed by atoms with Crippen LogP contribution in [-0.2, 0) is 24.2 Å². The number of nitrogens with one attached hydrogen (secondary N) is 1. The number of rotatable bonds is 5. The van der Waals surface area contributed by atoms with Gasteiger partial charge in [0.25, 0.3) is 5.56 Å². The van der Waals surface area contributed by atoms with Gasteiger partial charge in [-0.15, -0.1) is 0 Å². The minimum Gasteiger partial charge on any atom is -0.733 e. The summed E-state index contributed by atoms with van der Waals surface area (Å²) in [4.78, 5) is 28.6. The summed E-state index contributed by atoms with van der Waals surface area (Å²) in [6.45, 7) is 1.71. The number of carbonyl (C=O) groups is 1. The highest BCUT2D eigenvalue weighted by Gasteiger charge is 2.49. The third-order valence-electron chi connectivity index (χ3n) is 8.20. The van der Waals surface area contributed by atoms with Crippen LogP contribution < -0.4 is 21.0 Å². The van der Waals surface area contributed by atoms with Crippen LogP contribution in [-0.4, -0.2) is 39.9 Å². The fourth-order valence-corrected chi connectivity index (χ4v) is 6.58. The standard InChI is InChI=1S/C28H29N4O5/c33-22-7-4-17(5-8-22)10-11-29-28(35)23-14-18-13-21(32(36)37)6-9-25(18)31-15-19-12-20(27(23)31)16-30-24(19)2-1-3-26(30)34/h1-9,13,19-20,23,27,33,36H,10-12,14-16H2,(H,29,35)/q-1/t19?,20?,23-,27+/m1/s1. The van der Waals surface area contributed by atoms with Gasteiger partial charge in [0.05, 0.1) is 11.6 Å². The molecule has 37 heavy (non-hydrogen) atoms. The Labute approximate surface area is 214 Å². The first-order valence-electron chi connectivity index (χ1n) is 12.7. The number of benzene rings is 2. The van der Waals surface area contributed by atoms with Crippen molar-refractivity contribution in [2.45, 2.75) is 37.8 Å². The SMILES string of the molecule is O=C(NCCc1ccc(O)cc1)[C@@H]1Cc2cc(N([O-])O)ccc2N2CC3CC(Cn4c3cccc4=O)[C@@H]12. The van der Waals surface area contributed by atoms with E-state index < -0.39 is 0 Å². The number of phenolic OH excluding ortho intramolecular Hbond substituents is 1. The highest BCUT2D eigenvalue weighted by Crippen LogP contribution is 2.47. The van der Waals surface area contributed by atoms with Crippen LogP contribution in [0.1, 0.15) is 29.2 Å². The van der Waals surface area contributed by atoms with E-state index in [0.29, 0.717) is 32.5 Å². The maximum absolute atomic E-state index is 13.6. The molecule has 0 aliphatic carbocycles. The molecule has 0 saturated carbocycles. The highest BCUT2D eigenvalue weighted by molar-refractivity contribution is 5.82. The first-order valence-corrected chi connectivity index (χ1v) is 12.7. The van der Waals surface area contributed by atoms with Gasteiger partial charge in [0.1, 0.15) is 5.75 Å². The van der Waals surface area contributed by atoms with Crippen molar-refractivity contribution in [2.24, 2.45) is 11.8 Å². The lowest BCUT2D eigenvalue weighted by Gasteiger charge is -2.54. The lowest BCUT2D eigenvalue weighted by Crippen LogP contribution is -2.61. The van der Waals surface area contributed by atoms with Crippen molar-refractivity contribution >= 4 is 17.3 Å². The highest BCUT2D eigenvalue weighted by atomic mass is 16.8. The number of pyridine rings is 1. The Balaban J connectivity index is 1.31. The van der Waals surface area contributed by atoms with Crippen LogP contribution in [0.5, 0.6) is 5.75 Å². The Morgan fingerprint density at radius 3 is 2.70 bits per heavy atom. The van der Waals surface area contributed by atoms with E-state index in [0.717, 1.165) is 28.9 Å². The van der Waals surface area contributed by atoms with E-state index in [1.54, 1.807) is 30.3 Å². The molecule has 1 aromatic heterocycles. The lowest BCUT2D eigenvalue weighted by molar-refractivity contribution is -0.126. The van der Waals surface area contributed by atoms with Gasteiger partial charge in [-0.3, -0.25) is 14.8 Å². The molecule has 1 amide bonds. The number of hydrogen-bond acceptors (Lipinski definition) is 7. The van der Waals surface area contributed by atoms with Crippen molar-refractivity contribution in [2.75, 3.05) is 23.2 Å². The van der Waals surface area contributed by atoms with E-state index in [4.69, 9.17) is 0 Å². The molecule has 3 aliphatic rings. The number of anilines is 2. The number of carbonyl (C=O) groups excluding carboxylic acids is 1. The predicted octanol–water partition coefficient (Wildman–Crippen LogP) is 2.77. The Hall–Kier alpha value is -3.82. The van der Waals surface area contributed by atoms with E-state index in [1.165, 1.54) is 0 Å². The summed E-state index contributed by atoms with van der Waals surface area (Å²) in [6.07, 6.45) is 2.00. The summed E-state index contributed by atoms with van der Waals surface area (Å²) in [5.74, 6) is 0.0737. The average Bonchev–Trinajstić information content (AvgIpc) is 2.89. The largest absolute Gasteiger partial charge is 0.733 e. The zero-order chi connectivity index (χ0) is 25.7. The number of piperidine rings is 1. The number of aromatic nitrogens is 1. The van der Waals surface area contributed by atoms with Crippen LogP contribution in [0.25, 0.3) is 0 Å². The summed E-state index contributed by atoms with van der Waals surface area (Å²) in [5, 5.41) is 33.5. The Kier molecular flexibility index (Phi) is 5.89. The molecule has 4 heterocycles. The number of amides is 1. The van der Waals surface area contributed by atoms with E-state index in [2.05, 4.69) is 10.2 Å². The second-order valence-electron chi connectivity index (χ2n) is 10.3. The normalized spacial score (nSPS) is 23.5. The summed E-state index contributed by atoms with van der Waals surface area (Å²) >= 11 is 0. The predicted molar refractivity (Wildman–Crippen MR) is 139 cm³/mol. The Morgan fingerprint density at radius 1 is 1.11 bits per heavy atom. The summed E-state index contributed by atoms with van der Waals surface area (Å²) in [5.41, 5.74) is 4.01. The molecule has 2 aromatic carbocycles. The van der Waals surface area contributed by atoms with Crippen LogP contribution in [0.3, 0.4) is 0 Å². The first-order chi connectivity index (χ1) is 17.9. The summed E-state index contributed by atoms with van der Waals surface area (Å²) in [7, 11) is 0. The minimum atomic E-state index is -0.367. The van der Waals surface area contributed by atoms with Gasteiger partial charge in [-0.25, -0.2) is 0 Å². The third kappa shape index (κ3) is 4.24.